The fourth-order valence-electron chi connectivity index (χ4n) is 1.47. The molecule has 2 heterocycles. The van der Waals surface area contributed by atoms with Gasteiger partial charge in [0.1, 0.15) is 10.3 Å². The molecule has 21 heavy (non-hydrogen) atoms. The van der Waals surface area contributed by atoms with E-state index in [4.69, 9.17) is 28.0 Å². The molecule has 0 fully saturated rings. The highest BCUT2D eigenvalue weighted by atomic mass is 35.5. The van der Waals surface area contributed by atoms with Crippen molar-refractivity contribution in [3.8, 4) is 0 Å². The lowest BCUT2D eigenvalue weighted by Crippen LogP contribution is -2.18. The summed E-state index contributed by atoms with van der Waals surface area (Å²) in [5.74, 6) is 0.923. The van der Waals surface area contributed by atoms with Gasteiger partial charge in [0.15, 0.2) is 21.9 Å². The van der Waals surface area contributed by atoms with Gasteiger partial charge in [0.2, 0.25) is 0 Å². The van der Waals surface area contributed by atoms with Crippen LogP contribution in [-0.2, 0) is 4.84 Å². The molecule has 0 aliphatic rings. The van der Waals surface area contributed by atoms with Crippen molar-refractivity contribution in [1.82, 2.24) is 19.9 Å². The van der Waals surface area contributed by atoms with Crippen molar-refractivity contribution in [2.45, 2.75) is 10.3 Å². The molecule has 112 valence electrons. The fourth-order valence-corrected chi connectivity index (χ4v) is 2.67. The van der Waals surface area contributed by atoms with Gasteiger partial charge in [-0.25, -0.2) is 19.9 Å². The number of hydrogen-bond donors (Lipinski definition) is 0. The molecule has 0 saturated carbocycles. The van der Waals surface area contributed by atoms with Crippen LogP contribution in [0.5, 0.6) is 0 Å². The van der Waals surface area contributed by atoms with Crippen LogP contribution in [0, 0.1) is 0 Å². The topological polar surface area (TPSA) is 64.0 Å². The summed E-state index contributed by atoms with van der Waals surface area (Å²) >= 11 is 14.8. The molecule has 0 N–H and O–H groups in total. The first-order valence-electron chi connectivity index (χ1n) is 5.58. The van der Waals surface area contributed by atoms with E-state index in [1.54, 1.807) is 12.1 Å². The van der Waals surface area contributed by atoms with Crippen molar-refractivity contribution in [1.29, 1.82) is 0 Å². The van der Waals surface area contributed by atoms with E-state index in [-0.39, 0.29) is 0 Å². The van der Waals surface area contributed by atoms with E-state index >= 15 is 0 Å². The van der Waals surface area contributed by atoms with Crippen LogP contribution in [0.4, 0.5) is 11.6 Å². The van der Waals surface area contributed by atoms with Crippen molar-refractivity contribution in [3.05, 3.63) is 22.4 Å². The summed E-state index contributed by atoms with van der Waals surface area (Å²) in [6.45, 7) is 0. The molecular weight excluding hydrogens is 353 g/mol. The standard InChI is InChI=1S/C11H11Cl2N5OS2/c1-19-18(8-4-6(12)14-10(16-8)20-2)9-5-7(13)15-11(17-9)21-3/h4-5H,1-3H3. The average molecular weight is 364 g/mol. The van der Waals surface area contributed by atoms with Crippen molar-refractivity contribution < 1.29 is 4.84 Å². The molecule has 0 aliphatic carbocycles. The third kappa shape index (κ3) is 4.10. The lowest BCUT2D eigenvalue weighted by Gasteiger charge is -2.20. The summed E-state index contributed by atoms with van der Waals surface area (Å²) < 4.78 is 0. The Balaban J connectivity index is 2.48. The lowest BCUT2D eigenvalue weighted by molar-refractivity contribution is 0.196. The second kappa shape index (κ2) is 7.46. The molecule has 0 aliphatic heterocycles. The Morgan fingerprint density at radius 3 is 1.67 bits per heavy atom. The molecule has 0 radical (unpaired) electrons. The highest BCUT2D eigenvalue weighted by Crippen LogP contribution is 2.28. The molecule has 10 heteroatoms. The molecule has 2 rings (SSSR count). The Labute approximate surface area is 140 Å². The molecular formula is C11H11Cl2N5OS2. The predicted octanol–water partition coefficient (Wildman–Crippen LogP) is 3.72. The third-order valence-corrected chi connectivity index (χ3v) is 3.77. The van der Waals surface area contributed by atoms with Crippen LogP contribution in [-0.4, -0.2) is 39.6 Å². The fraction of sp³-hybridized carbons (Fsp3) is 0.273. The molecule has 0 unspecified atom stereocenters. The Morgan fingerprint density at radius 2 is 1.33 bits per heavy atom. The SMILES string of the molecule is CON(c1cc(Cl)nc(SC)n1)c1cc(Cl)nc(SC)n1. The molecule has 0 spiro atoms. The average Bonchev–Trinajstić information content (AvgIpc) is 2.46. The smallest absolute Gasteiger partial charge is 0.190 e. The second-order valence-electron chi connectivity index (χ2n) is 3.55. The summed E-state index contributed by atoms with van der Waals surface area (Å²) in [4.78, 5) is 22.2. The Bertz CT molecular complexity index is 593. The van der Waals surface area contributed by atoms with E-state index in [0.29, 0.717) is 32.3 Å². The highest BCUT2D eigenvalue weighted by molar-refractivity contribution is 7.98. The van der Waals surface area contributed by atoms with Gasteiger partial charge in [0.25, 0.3) is 0 Å². The Hall–Kier alpha value is -0.800. The first kappa shape index (κ1) is 16.6. The summed E-state index contributed by atoms with van der Waals surface area (Å²) in [5.41, 5.74) is 0. The largest absolute Gasteiger partial charge is 0.269 e. The summed E-state index contributed by atoms with van der Waals surface area (Å²) in [6, 6.07) is 3.17. The van der Waals surface area contributed by atoms with E-state index < -0.39 is 0 Å². The van der Waals surface area contributed by atoms with Crippen LogP contribution >= 0.6 is 46.7 Å². The normalized spacial score (nSPS) is 10.7. The first-order valence-corrected chi connectivity index (χ1v) is 8.79. The highest BCUT2D eigenvalue weighted by Gasteiger charge is 2.16. The van der Waals surface area contributed by atoms with E-state index in [1.807, 2.05) is 12.5 Å². The monoisotopic (exact) mass is 363 g/mol. The van der Waals surface area contributed by atoms with Crippen molar-refractivity contribution in [2.75, 3.05) is 24.7 Å². The number of nitrogens with zero attached hydrogens (tertiary/aromatic N) is 5. The van der Waals surface area contributed by atoms with Gasteiger partial charge >= 0.3 is 0 Å². The summed E-state index contributed by atoms with van der Waals surface area (Å²) in [5, 5.41) is 3.11. The zero-order valence-corrected chi connectivity index (χ0v) is 14.5. The van der Waals surface area contributed by atoms with Gasteiger partial charge < -0.3 is 0 Å². The van der Waals surface area contributed by atoms with Crippen LogP contribution in [0.1, 0.15) is 0 Å². The molecule has 0 aromatic carbocycles. The molecule has 2 aromatic rings. The maximum absolute atomic E-state index is 6.00. The lowest BCUT2D eigenvalue weighted by atomic mass is 10.5. The maximum Gasteiger partial charge on any atom is 0.190 e. The zero-order chi connectivity index (χ0) is 15.4. The number of anilines is 2. The number of thioether (sulfide) groups is 2. The van der Waals surface area contributed by atoms with Gasteiger partial charge in [-0.05, 0) is 12.5 Å². The van der Waals surface area contributed by atoms with E-state index in [2.05, 4.69) is 19.9 Å². The Kier molecular flexibility index (Phi) is 5.88. The van der Waals surface area contributed by atoms with Gasteiger partial charge in [-0.3, -0.25) is 4.84 Å². The summed E-state index contributed by atoms with van der Waals surface area (Å²) in [6.07, 6.45) is 3.72. The maximum atomic E-state index is 6.00. The minimum absolute atomic E-state index is 0.316. The quantitative estimate of drug-likeness (QED) is 0.344. The van der Waals surface area contributed by atoms with Gasteiger partial charge in [0.05, 0.1) is 7.11 Å². The van der Waals surface area contributed by atoms with Crippen LogP contribution in [0.3, 0.4) is 0 Å². The first-order chi connectivity index (χ1) is 10.1. The minimum atomic E-state index is 0.316. The number of halogens is 2. The van der Waals surface area contributed by atoms with Gasteiger partial charge in [-0.2, -0.15) is 5.06 Å². The van der Waals surface area contributed by atoms with Gasteiger partial charge in [-0.15, -0.1) is 0 Å². The zero-order valence-electron chi connectivity index (χ0n) is 11.4. The van der Waals surface area contributed by atoms with Crippen molar-refractivity contribution >= 4 is 58.4 Å². The summed E-state index contributed by atoms with van der Waals surface area (Å²) in [7, 11) is 1.50. The molecule has 0 atom stereocenters. The molecule has 0 amide bonds. The van der Waals surface area contributed by atoms with Crippen LogP contribution < -0.4 is 5.06 Å². The molecule has 6 nitrogen and oxygen atoms in total. The number of aromatic nitrogens is 4. The Morgan fingerprint density at radius 1 is 0.905 bits per heavy atom. The van der Waals surface area contributed by atoms with E-state index in [1.165, 1.54) is 35.7 Å². The second-order valence-corrected chi connectivity index (χ2v) is 5.87. The van der Waals surface area contributed by atoms with E-state index in [0.717, 1.165) is 0 Å². The van der Waals surface area contributed by atoms with E-state index in [9.17, 15) is 0 Å². The number of hydrogen-bond acceptors (Lipinski definition) is 8. The molecule has 2 aromatic heterocycles. The van der Waals surface area contributed by atoms with Crippen LogP contribution in [0.15, 0.2) is 22.4 Å². The van der Waals surface area contributed by atoms with Crippen LogP contribution in [0.25, 0.3) is 0 Å². The predicted molar refractivity (Wildman–Crippen MR) is 86.8 cm³/mol. The number of rotatable bonds is 5. The van der Waals surface area contributed by atoms with Crippen molar-refractivity contribution in [2.24, 2.45) is 0 Å². The van der Waals surface area contributed by atoms with Gasteiger partial charge in [-0.1, -0.05) is 46.7 Å². The van der Waals surface area contributed by atoms with Gasteiger partial charge in [0, 0.05) is 12.1 Å². The van der Waals surface area contributed by atoms with Crippen molar-refractivity contribution in [3.63, 3.8) is 0 Å². The minimum Gasteiger partial charge on any atom is -0.269 e. The molecule has 0 bridgehead atoms. The molecule has 0 saturated heterocycles. The third-order valence-electron chi connectivity index (χ3n) is 2.29. The van der Waals surface area contributed by atoms with Crippen LogP contribution in [0.2, 0.25) is 10.3 Å².